The van der Waals surface area contributed by atoms with Crippen molar-refractivity contribution in [3.8, 4) is 0 Å². The molecule has 0 saturated heterocycles. The summed E-state index contributed by atoms with van der Waals surface area (Å²) in [5, 5.41) is 7.00. The summed E-state index contributed by atoms with van der Waals surface area (Å²) in [5.74, 6) is -0.374. The molecule has 0 aliphatic carbocycles. The van der Waals surface area contributed by atoms with Gasteiger partial charge >= 0.3 is 0 Å². The normalized spacial score (nSPS) is 11.6. The van der Waals surface area contributed by atoms with Crippen LogP contribution >= 0.6 is 0 Å². The van der Waals surface area contributed by atoms with Crippen LogP contribution in [0, 0.1) is 13.8 Å². The highest BCUT2D eigenvalue weighted by atomic mass is 32.2. The van der Waals surface area contributed by atoms with Crippen molar-refractivity contribution in [2.45, 2.75) is 18.7 Å². The van der Waals surface area contributed by atoms with Gasteiger partial charge in [0, 0.05) is 24.2 Å². The molecule has 0 saturated carbocycles. The predicted molar refractivity (Wildman–Crippen MR) is 90.0 cm³/mol. The number of nitrogens with zero attached hydrogens (tertiary/aromatic N) is 3. The zero-order valence-electron chi connectivity index (χ0n) is 13.4. The highest BCUT2D eigenvalue weighted by molar-refractivity contribution is 7.90. The fourth-order valence-corrected chi connectivity index (χ4v) is 3.06. The second-order valence-corrected chi connectivity index (χ2v) is 7.58. The van der Waals surface area contributed by atoms with Gasteiger partial charge in [-0.3, -0.25) is 4.79 Å². The Hall–Kier alpha value is -2.74. The number of hydrogen-bond donors (Lipinski definition) is 1. The quantitative estimate of drug-likeness (QED) is 0.784. The van der Waals surface area contributed by atoms with Crippen molar-refractivity contribution in [1.29, 1.82) is 0 Å². The minimum atomic E-state index is -3.34. The molecule has 1 N–H and O–H groups in total. The van der Waals surface area contributed by atoms with Crippen molar-refractivity contribution >= 4 is 27.1 Å². The number of nitrogens with one attached hydrogen (secondary N) is 1. The summed E-state index contributed by atoms with van der Waals surface area (Å²) in [6, 6.07) is 7.94. The van der Waals surface area contributed by atoms with Crippen LogP contribution in [0.25, 0.3) is 5.65 Å². The Morgan fingerprint density at radius 1 is 1.21 bits per heavy atom. The Balaban J connectivity index is 1.94. The van der Waals surface area contributed by atoms with Crippen LogP contribution in [0.1, 0.15) is 21.7 Å². The van der Waals surface area contributed by atoms with E-state index in [1.807, 2.05) is 13.0 Å². The number of benzene rings is 1. The van der Waals surface area contributed by atoms with E-state index in [1.54, 1.807) is 23.6 Å². The largest absolute Gasteiger partial charge is 0.322 e. The first-order valence-electron chi connectivity index (χ1n) is 7.19. The summed E-state index contributed by atoms with van der Waals surface area (Å²) in [5.41, 5.74) is 2.91. The third-order valence-corrected chi connectivity index (χ3v) is 4.72. The molecule has 0 aliphatic rings. The summed E-state index contributed by atoms with van der Waals surface area (Å²) in [4.78, 5) is 16.9. The molecule has 3 rings (SSSR count). The zero-order valence-corrected chi connectivity index (χ0v) is 14.3. The third-order valence-electron chi connectivity index (χ3n) is 3.61. The fraction of sp³-hybridized carbons (Fsp3) is 0.188. The van der Waals surface area contributed by atoms with Gasteiger partial charge in [0.25, 0.3) is 5.91 Å². The van der Waals surface area contributed by atoms with Gasteiger partial charge in [-0.2, -0.15) is 5.10 Å². The Morgan fingerprint density at radius 3 is 2.67 bits per heavy atom. The molecule has 0 radical (unpaired) electrons. The van der Waals surface area contributed by atoms with E-state index in [0.29, 0.717) is 22.6 Å². The number of fused-ring (bicyclic) bond motifs is 1. The molecule has 2 heterocycles. The zero-order chi connectivity index (χ0) is 17.5. The third kappa shape index (κ3) is 3.00. The Labute approximate surface area is 139 Å². The maximum Gasteiger partial charge on any atom is 0.259 e. The number of aryl methyl sites for hydroxylation is 2. The van der Waals surface area contributed by atoms with Gasteiger partial charge in [0.15, 0.2) is 15.5 Å². The molecular weight excluding hydrogens is 328 g/mol. The molecule has 0 fully saturated rings. The number of sulfone groups is 1. The van der Waals surface area contributed by atoms with E-state index in [1.165, 1.54) is 18.3 Å². The van der Waals surface area contributed by atoms with Gasteiger partial charge < -0.3 is 5.32 Å². The van der Waals surface area contributed by atoms with Crippen molar-refractivity contribution < 1.29 is 13.2 Å². The maximum atomic E-state index is 12.5. The molecule has 0 unspecified atom stereocenters. The van der Waals surface area contributed by atoms with E-state index in [-0.39, 0.29) is 10.8 Å². The molecule has 1 aromatic carbocycles. The number of rotatable bonds is 3. The molecule has 0 atom stereocenters. The van der Waals surface area contributed by atoms with Gasteiger partial charge in [-0.1, -0.05) is 6.07 Å². The van der Waals surface area contributed by atoms with E-state index in [9.17, 15) is 13.2 Å². The van der Waals surface area contributed by atoms with E-state index >= 15 is 0 Å². The molecule has 0 spiro atoms. The molecule has 7 nitrogen and oxygen atoms in total. The van der Waals surface area contributed by atoms with E-state index < -0.39 is 9.84 Å². The van der Waals surface area contributed by atoms with Gasteiger partial charge in [-0.25, -0.2) is 17.9 Å². The maximum absolute atomic E-state index is 12.5. The molecule has 2 aromatic heterocycles. The lowest BCUT2D eigenvalue weighted by Crippen LogP contribution is -2.16. The van der Waals surface area contributed by atoms with Crippen molar-refractivity contribution in [2.24, 2.45) is 0 Å². The lowest BCUT2D eigenvalue weighted by Gasteiger charge is -2.09. The Morgan fingerprint density at radius 2 is 1.96 bits per heavy atom. The Kier molecular flexibility index (Phi) is 3.84. The number of carbonyl (C=O) groups is 1. The van der Waals surface area contributed by atoms with Crippen LogP contribution in [-0.4, -0.2) is 35.2 Å². The molecule has 0 aliphatic heterocycles. The number of anilines is 1. The number of aromatic nitrogens is 3. The molecular formula is C16H16N4O3S. The summed E-state index contributed by atoms with van der Waals surface area (Å²) in [6.07, 6.45) is 2.61. The average Bonchev–Trinajstić information content (AvgIpc) is 2.88. The molecule has 1 amide bonds. The van der Waals surface area contributed by atoms with Gasteiger partial charge in [0.1, 0.15) is 0 Å². The van der Waals surface area contributed by atoms with Gasteiger partial charge in [-0.05, 0) is 32.0 Å². The summed E-state index contributed by atoms with van der Waals surface area (Å²) in [6.45, 7) is 3.63. The number of amides is 1. The van der Waals surface area contributed by atoms with Crippen LogP contribution in [0.15, 0.2) is 41.4 Å². The second kappa shape index (κ2) is 5.72. The van der Waals surface area contributed by atoms with Crippen molar-refractivity contribution in [3.05, 3.63) is 53.5 Å². The number of carbonyl (C=O) groups excluding carboxylic acids is 1. The van der Waals surface area contributed by atoms with Crippen LogP contribution in [0.4, 0.5) is 5.69 Å². The first-order valence-corrected chi connectivity index (χ1v) is 9.08. The number of hydrogen-bond acceptors (Lipinski definition) is 5. The standard InChI is InChI=1S/C16H16N4O3S/c1-10-7-15-17-9-14(11(2)20(15)19-10)16(21)18-12-5-4-6-13(8-12)24(3,22)23/h4-9H,1-3H3,(H,18,21). The lowest BCUT2D eigenvalue weighted by atomic mass is 10.2. The fourth-order valence-electron chi connectivity index (χ4n) is 2.39. The topological polar surface area (TPSA) is 93.4 Å². The molecule has 8 heteroatoms. The minimum Gasteiger partial charge on any atom is -0.322 e. The summed E-state index contributed by atoms with van der Waals surface area (Å²) in [7, 11) is -3.34. The van der Waals surface area contributed by atoms with Crippen molar-refractivity contribution in [3.63, 3.8) is 0 Å². The smallest absolute Gasteiger partial charge is 0.259 e. The highest BCUT2D eigenvalue weighted by Crippen LogP contribution is 2.17. The molecule has 24 heavy (non-hydrogen) atoms. The first kappa shape index (κ1) is 16.1. The van der Waals surface area contributed by atoms with Crippen LogP contribution in [0.3, 0.4) is 0 Å². The minimum absolute atomic E-state index is 0.147. The van der Waals surface area contributed by atoms with Crippen LogP contribution < -0.4 is 5.32 Å². The van der Waals surface area contributed by atoms with Crippen LogP contribution in [0.5, 0.6) is 0 Å². The lowest BCUT2D eigenvalue weighted by molar-refractivity contribution is 0.102. The van der Waals surface area contributed by atoms with Crippen LogP contribution in [0.2, 0.25) is 0 Å². The Bertz CT molecular complexity index is 1050. The molecule has 0 bridgehead atoms. The van der Waals surface area contributed by atoms with Gasteiger partial charge in [-0.15, -0.1) is 0 Å². The van der Waals surface area contributed by atoms with E-state index in [0.717, 1.165) is 11.9 Å². The van der Waals surface area contributed by atoms with E-state index in [4.69, 9.17) is 0 Å². The molecule has 124 valence electrons. The predicted octanol–water partition coefficient (Wildman–Crippen LogP) is 2.00. The highest BCUT2D eigenvalue weighted by Gasteiger charge is 2.15. The SMILES string of the molecule is Cc1cc2ncc(C(=O)Nc3cccc(S(C)(=O)=O)c3)c(C)n2n1. The molecule has 3 aromatic rings. The average molecular weight is 344 g/mol. The second-order valence-electron chi connectivity index (χ2n) is 5.57. The van der Waals surface area contributed by atoms with E-state index in [2.05, 4.69) is 15.4 Å². The van der Waals surface area contributed by atoms with Crippen molar-refractivity contribution in [2.75, 3.05) is 11.6 Å². The van der Waals surface area contributed by atoms with Gasteiger partial charge in [0.2, 0.25) is 0 Å². The van der Waals surface area contributed by atoms with Gasteiger partial charge in [0.05, 0.1) is 21.8 Å². The van der Waals surface area contributed by atoms with Crippen molar-refractivity contribution in [1.82, 2.24) is 14.6 Å². The first-order chi connectivity index (χ1) is 11.3. The summed E-state index contributed by atoms with van der Waals surface area (Å²) < 4.78 is 24.8. The van der Waals surface area contributed by atoms with Crippen LogP contribution in [-0.2, 0) is 9.84 Å². The monoisotopic (exact) mass is 344 g/mol. The summed E-state index contributed by atoms with van der Waals surface area (Å²) >= 11 is 0.